The summed E-state index contributed by atoms with van der Waals surface area (Å²) in [5.74, 6) is 0.563. The van der Waals surface area contributed by atoms with E-state index in [2.05, 4.69) is 14.3 Å². The van der Waals surface area contributed by atoms with Crippen LogP contribution in [-0.4, -0.2) is 36.7 Å². The van der Waals surface area contributed by atoms with Crippen molar-refractivity contribution in [3.05, 3.63) is 11.1 Å². The number of methoxy groups -OCH3 is 1. The predicted molar refractivity (Wildman–Crippen MR) is 82.1 cm³/mol. The fourth-order valence-electron chi connectivity index (χ4n) is 1.77. The molecule has 7 heteroatoms. The quantitative estimate of drug-likeness (QED) is 0.831. The minimum absolute atomic E-state index is 0.563. The highest BCUT2D eigenvalue weighted by Crippen LogP contribution is 2.40. The molecule has 0 spiro atoms. The molecule has 0 saturated heterocycles. The zero-order valence-electron chi connectivity index (χ0n) is 11.3. The van der Waals surface area contributed by atoms with Gasteiger partial charge in [-0.25, -0.2) is 4.98 Å². The van der Waals surface area contributed by atoms with E-state index in [4.69, 9.17) is 10.5 Å². The lowest BCUT2D eigenvalue weighted by atomic mass is 10.3. The zero-order chi connectivity index (χ0) is 13.8. The third-order valence-electron chi connectivity index (χ3n) is 2.72. The standard InChI is InChI=1S/C12H18N4OS2/c1-8-7-18-11(14-8)9-10(13)15-19-12(9)16(2)5-4-6-17-3/h7H,4-6H2,1-3H3,(H2,13,15). The first kappa shape index (κ1) is 14.2. The van der Waals surface area contributed by atoms with E-state index in [0.29, 0.717) is 5.82 Å². The predicted octanol–water partition coefficient (Wildman–Crippen LogP) is 2.63. The van der Waals surface area contributed by atoms with Crippen molar-refractivity contribution in [2.45, 2.75) is 13.3 Å². The Morgan fingerprint density at radius 1 is 1.47 bits per heavy atom. The van der Waals surface area contributed by atoms with Crippen LogP contribution in [0.4, 0.5) is 10.8 Å². The van der Waals surface area contributed by atoms with Gasteiger partial charge in [-0.15, -0.1) is 11.3 Å². The first-order chi connectivity index (χ1) is 9.13. The summed E-state index contributed by atoms with van der Waals surface area (Å²) in [7, 11) is 3.76. The second kappa shape index (κ2) is 6.31. The largest absolute Gasteiger partial charge is 0.385 e. The Balaban J connectivity index is 2.22. The highest BCUT2D eigenvalue weighted by Gasteiger charge is 2.19. The SMILES string of the molecule is COCCCN(C)c1snc(N)c1-c1nc(C)cs1. The second-order valence-electron chi connectivity index (χ2n) is 4.31. The monoisotopic (exact) mass is 298 g/mol. The number of nitrogens with zero attached hydrogens (tertiary/aromatic N) is 3. The second-order valence-corrected chi connectivity index (χ2v) is 5.92. The molecule has 0 fully saturated rings. The Morgan fingerprint density at radius 3 is 2.89 bits per heavy atom. The van der Waals surface area contributed by atoms with Crippen LogP contribution in [0.5, 0.6) is 0 Å². The van der Waals surface area contributed by atoms with Gasteiger partial charge in [0.05, 0.1) is 5.56 Å². The molecule has 0 aliphatic heterocycles. The number of hydrogen-bond acceptors (Lipinski definition) is 7. The lowest BCUT2D eigenvalue weighted by molar-refractivity contribution is 0.196. The van der Waals surface area contributed by atoms with Gasteiger partial charge >= 0.3 is 0 Å². The lowest BCUT2D eigenvalue weighted by Crippen LogP contribution is -2.19. The Bertz CT molecular complexity index is 538. The first-order valence-corrected chi connectivity index (χ1v) is 7.66. The average Bonchev–Trinajstić information content (AvgIpc) is 2.95. The highest BCUT2D eigenvalue weighted by atomic mass is 32.1. The smallest absolute Gasteiger partial charge is 0.149 e. The molecular formula is C12H18N4OS2. The van der Waals surface area contributed by atoms with Crippen molar-refractivity contribution in [2.75, 3.05) is 37.9 Å². The van der Waals surface area contributed by atoms with Gasteiger partial charge in [0.2, 0.25) is 0 Å². The van der Waals surface area contributed by atoms with Gasteiger partial charge in [-0.1, -0.05) is 0 Å². The normalized spacial score (nSPS) is 10.9. The van der Waals surface area contributed by atoms with Crippen molar-refractivity contribution in [3.8, 4) is 10.6 Å². The van der Waals surface area contributed by atoms with Crippen LogP contribution in [-0.2, 0) is 4.74 Å². The van der Waals surface area contributed by atoms with Gasteiger partial charge in [0.15, 0.2) is 0 Å². The molecule has 2 heterocycles. The topological polar surface area (TPSA) is 64.3 Å². The highest BCUT2D eigenvalue weighted by molar-refractivity contribution is 7.15. The van der Waals surface area contributed by atoms with E-state index in [-0.39, 0.29) is 0 Å². The first-order valence-electron chi connectivity index (χ1n) is 6.01. The Morgan fingerprint density at radius 2 is 2.26 bits per heavy atom. The van der Waals surface area contributed by atoms with Crippen LogP contribution >= 0.6 is 22.9 Å². The molecule has 19 heavy (non-hydrogen) atoms. The molecule has 0 aliphatic carbocycles. The van der Waals surface area contributed by atoms with Gasteiger partial charge in [-0.3, -0.25) is 0 Å². The third-order valence-corrected chi connectivity index (χ3v) is 4.68. The molecule has 104 valence electrons. The molecule has 2 aromatic heterocycles. The molecule has 2 aromatic rings. The van der Waals surface area contributed by atoms with E-state index in [1.54, 1.807) is 18.4 Å². The zero-order valence-corrected chi connectivity index (χ0v) is 13.0. The Kier molecular flexibility index (Phi) is 4.73. The van der Waals surface area contributed by atoms with Crippen molar-refractivity contribution >= 4 is 33.7 Å². The summed E-state index contributed by atoms with van der Waals surface area (Å²) in [5.41, 5.74) is 7.96. The lowest BCUT2D eigenvalue weighted by Gasteiger charge is -2.17. The van der Waals surface area contributed by atoms with Gasteiger partial charge in [-0.05, 0) is 24.9 Å². The van der Waals surface area contributed by atoms with Crippen LogP contribution in [0.2, 0.25) is 0 Å². The number of rotatable bonds is 6. The van der Waals surface area contributed by atoms with Crippen molar-refractivity contribution in [2.24, 2.45) is 0 Å². The molecule has 0 atom stereocenters. The minimum atomic E-state index is 0.563. The van der Waals surface area contributed by atoms with Crippen molar-refractivity contribution in [1.29, 1.82) is 0 Å². The maximum absolute atomic E-state index is 5.99. The summed E-state index contributed by atoms with van der Waals surface area (Å²) in [6, 6.07) is 0. The van der Waals surface area contributed by atoms with Gasteiger partial charge in [0.1, 0.15) is 15.8 Å². The maximum atomic E-state index is 5.99. The summed E-state index contributed by atoms with van der Waals surface area (Å²) in [4.78, 5) is 6.67. The van der Waals surface area contributed by atoms with E-state index in [9.17, 15) is 0 Å². The van der Waals surface area contributed by atoms with E-state index in [0.717, 1.165) is 40.8 Å². The molecule has 0 saturated carbocycles. The van der Waals surface area contributed by atoms with Gasteiger partial charge < -0.3 is 15.4 Å². The van der Waals surface area contributed by atoms with Gasteiger partial charge in [-0.2, -0.15) is 4.37 Å². The van der Waals surface area contributed by atoms with Crippen LogP contribution in [0.15, 0.2) is 5.38 Å². The van der Waals surface area contributed by atoms with Crippen LogP contribution in [0.3, 0.4) is 0 Å². The Labute approximate surface area is 121 Å². The molecule has 0 aromatic carbocycles. The Hall–Kier alpha value is -1.18. The van der Waals surface area contributed by atoms with Crippen LogP contribution in [0, 0.1) is 6.92 Å². The molecule has 0 aliphatic rings. The maximum Gasteiger partial charge on any atom is 0.149 e. The molecule has 5 nitrogen and oxygen atoms in total. The van der Waals surface area contributed by atoms with E-state index in [1.807, 2.05) is 19.4 Å². The van der Waals surface area contributed by atoms with Crippen LogP contribution in [0.25, 0.3) is 10.6 Å². The summed E-state index contributed by atoms with van der Waals surface area (Å²) in [6.45, 7) is 3.65. The summed E-state index contributed by atoms with van der Waals surface area (Å²) in [6.07, 6.45) is 0.973. The molecule has 0 unspecified atom stereocenters. The van der Waals surface area contributed by atoms with Crippen LogP contribution < -0.4 is 10.6 Å². The van der Waals surface area contributed by atoms with E-state index >= 15 is 0 Å². The number of anilines is 2. The fraction of sp³-hybridized carbons (Fsp3) is 0.500. The number of nitrogens with two attached hydrogens (primary N) is 1. The molecule has 2 N–H and O–H groups in total. The molecule has 0 amide bonds. The van der Waals surface area contributed by atoms with Gasteiger partial charge in [0, 0.05) is 38.4 Å². The third kappa shape index (κ3) is 3.23. The van der Waals surface area contributed by atoms with Crippen LogP contribution in [0.1, 0.15) is 12.1 Å². The van der Waals surface area contributed by atoms with Crippen molar-refractivity contribution in [1.82, 2.24) is 9.36 Å². The minimum Gasteiger partial charge on any atom is -0.385 e. The number of aryl methyl sites for hydroxylation is 1. The summed E-state index contributed by atoms with van der Waals surface area (Å²) < 4.78 is 9.34. The van der Waals surface area contributed by atoms with Crippen molar-refractivity contribution < 1.29 is 4.74 Å². The average molecular weight is 298 g/mol. The molecule has 2 rings (SSSR count). The van der Waals surface area contributed by atoms with E-state index in [1.165, 1.54) is 11.5 Å². The molecular weight excluding hydrogens is 280 g/mol. The number of aromatic nitrogens is 2. The van der Waals surface area contributed by atoms with Gasteiger partial charge in [0.25, 0.3) is 0 Å². The molecule has 0 bridgehead atoms. The number of thiazole rings is 1. The van der Waals surface area contributed by atoms with E-state index < -0.39 is 0 Å². The number of ether oxygens (including phenoxy) is 1. The van der Waals surface area contributed by atoms with Crippen molar-refractivity contribution in [3.63, 3.8) is 0 Å². The fourth-order valence-corrected chi connectivity index (χ4v) is 3.49. The summed E-state index contributed by atoms with van der Waals surface area (Å²) in [5, 5.41) is 4.04. The number of hydrogen-bond donors (Lipinski definition) is 1. The molecule has 0 radical (unpaired) electrons. The summed E-state index contributed by atoms with van der Waals surface area (Å²) >= 11 is 3.03. The number of nitrogen functional groups attached to an aromatic ring is 1.